The first-order chi connectivity index (χ1) is 12.9. The van der Waals surface area contributed by atoms with Gasteiger partial charge in [-0.25, -0.2) is 13.8 Å². The van der Waals surface area contributed by atoms with Crippen molar-refractivity contribution in [1.29, 1.82) is 0 Å². The van der Waals surface area contributed by atoms with Crippen LogP contribution in [0, 0.1) is 11.6 Å². The highest BCUT2D eigenvalue weighted by atomic mass is 35.5. The maximum atomic E-state index is 13.3. The Kier molecular flexibility index (Phi) is 6.15. The average molecular weight is 408 g/mol. The summed E-state index contributed by atoms with van der Waals surface area (Å²) in [5, 5.41) is 8.47. The highest BCUT2D eigenvalue weighted by Gasteiger charge is 2.13. The summed E-state index contributed by atoms with van der Waals surface area (Å²) in [4.78, 5) is 16.4. The van der Waals surface area contributed by atoms with E-state index in [1.165, 1.54) is 17.4 Å². The SMILES string of the molecule is CC(NCC(=O)Nc1nc(-c2ccc(F)c(F)c2)cs1)c1ccccc1Cl. The molecule has 0 aliphatic rings. The molecule has 27 heavy (non-hydrogen) atoms. The number of carbonyl (C=O) groups excluding carboxylic acids is 1. The van der Waals surface area contributed by atoms with E-state index in [0.29, 0.717) is 21.4 Å². The van der Waals surface area contributed by atoms with Gasteiger partial charge in [-0.05, 0) is 36.8 Å². The third-order valence-electron chi connectivity index (χ3n) is 3.91. The zero-order chi connectivity index (χ0) is 19.4. The molecule has 0 radical (unpaired) electrons. The van der Waals surface area contributed by atoms with E-state index in [1.54, 1.807) is 11.4 Å². The van der Waals surface area contributed by atoms with Crippen molar-refractivity contribution in [2.45, 2.75) is 13.0 Å². The maximum absolute atomic E-state index is 13.3. The van der Waals surface area contributed by atoms with E-state index in [9.17, 15) is 13.6 Å². The van der Waals surface area contributed by atoms with Gasteiger partial charge >= 0.3 is 0 Å². The largest absolute Gasteiger partial charge is 0.302 e. The first kappa shape index (κ1) is 19.4. The summed E-state index contributed by atoms with van der Waals surface area (Å²) in [5.41, 5.74) is 1.81. The topological polar surface area (TPSA) is 54.0 Å². The first-order valence-corrected chi connectivity index (χ1v) is 9.38. The van der Waals surface area contributed by atoms with Crippen molar-refractivity contribution in [1.82, 2.24) is 10.3 Å². The number of benzene rings is 2. The van der Waals surface area contributed by atoms with Gasteiger partial charge in [-0.15, -0.1) is 11.3 Å². The molecule has 1 atom stereocenters. The lowest BCUT2D eigenvalue weighted by molar-refractivity contribution is -0.115. The number of nitrogens with zero attached hydrogens (tertiary/aromatic N) is 1. The Morgan fingerprint density at radius 2 is 2.00 bits per heavy atom. The van der Waals surface area contributed by atoms with Crippen LogP contribution in [0.25, 0.3) is 11.3 Å². The fraction of sp³-hybridized carbons (Fsp3) is 0.158. The van der Waals surface area contributed by atoms with Gasteiger partial charge in [-0.2, -0.15) is 0 Å². The molecule has 1 heterocycles. The minimum Gasteiger partial charge on any atom is -0.302 e. The number of rotatable bonds is 6. The first-order valence-electron chi connectivity index (χ1n) is 8.12. The van der Waals surface area contributed by atoms with E-state index < -0.39 is 11.6 Å². The molecule has 8 heteroatoms. The second-order valence-corrected chi connectivity index (χ2v) is 7.10. The summed E-state index contributed by atoms with van der Waals surface area (Å²) in [6.07, 6.45) is 0. The van der Waals surface area contributed by atoms with E-state index in [-0.39, 0.29) is 18.5 Å². The van der Waals surface area contributed by atoms with E-state index in [0.717, 1.165) is 17.7 Å². The van der Waals surface area contributed by atoms with E-state index in [1.807, 2.05) is 25.1 Å². The molecule has 3 rings (SSSR count). The number of carbonyl (C=O) groups is 1. The summed E-state index contributed by atoms with van der Waals surface area (Å²) in [6, 6.07) is 10.9. The average Bonchev–Trinajstić information content (AvgIpc) is 3.11. The number of halogens is 3. The van der Waals surface area contributed by atoms with Crippen LogP contribution in [0.5, 0.6) is 0 Å². The van der Waals surface area contributed by atoms with Gasteiger partial charge in [0, 0.05) is 22.0 Å². The molecule has 1 aromatic heterocycles. The Morgan fingerprint density at radius 1 is 1.22 bits per heavy atom. The monoisotopic (exact) mass is 407 g/mol. The van der Waals surface area contributed by atoms with Crippen LogP contribution in [0.4, 0.5) is 13.9 Å². The molecular formula is C19H16ClF2N3OS. The highest BCUT2D eigenvalue weighted by Crippen LogP contribution is 2.26. The summed E-state index contributed by atoms with van der Waals surface area (Å²) < 4.78 is 26.4. The van der Waals surface area contributed by atoms with Crippen LogP contribution < -0.4 is 10.6 Å². The predicted octanol–water partition coefficient (Wildman–Crippen LogP) is 5.03. The van der Waals surface area contributed by atoms with Crippen molar-refractivity contribution in [3.8, 4) is 11.3 Å². The van der Waals surface area contributed by atoms with Gasteiger partial charge in [0.05, 0.1) is 12.2 Å². The molecule has 0 saturated carbocycles. The van der Waals surface area contributed by atoms with Gasteiger partial charge in [0.2, 0.25) is 5.91 Å². The minimum atomic E-state index is -0.941. The number of hydrogen-bond acceptors (Lipinski definition) is 4. The molecule has 0 fully saturated rings. The van der Waals surface area contributed by atoms with Gasteiger partial charge in [0.25, 0.3) is 0 Å². The van der Waals surface area contributed by atoms with Crippen LogP contribution in [-0.4, -0.2) is 17.4 Å². The second kappa shape index (κ2) is 8.56. The van der Waals surface area contributed by atoms with Gasteiger partial charge in [-0.1, -0.05) is 29.8 Å². The fourth-order valence-corrected chi connectivity index (χ4v) is 3.50. The number of nitrogens with one attached hydrogen (secondary N) is 2. The van der Waals surface area contributed by atoms with E-state index >= 15 is 0 Å². The number of anilines is 1. The van der Waals surface area contributed by atoms with Crippen molar-refractivity contribution >= 4 is 34.0 Å². The smallest absolute Gasteiger partial charge is 0.240 e. The van der Waals surface area contributed by atoms with Crippen molar-refractivity contribution in [3.05, 3.63) is 70.1 Å². The van der Waals surface area contributed by atoms with Crippen LogP contribution in [0.3, 0.4) is 0 Å². The molecule has 1 amide bonds. The zero-order valence-electron chi connectivity index (χ0n) is 14.3. The second-order valence-electron chi connectivity index (χ2n) is 5.84. The predicted molar refractivity (Wildman–Crippen MR) is 104 cm³/mol. The molecule has 3 aromatic rings. The van der Waals surface area contributed by atoms with Crippen LogP contribution in [0.15, 0.2) is 47.8 Å². The molecule has 2 aromatic carbocycles. The summed E-state index contributed by atoms with van der Waals surface area (Å²) in [7, 11) is 0. The number of hydrogen-bond donors (Lipinski definition) is 2. The van der Waals surface area contributed by atoms with Crippen LogP contribution in [0.1, 0.15) is 18.5 Å². The standard InChI is InChI=1S/C19H16ClF2N3OS/c1-11(13-4-2-3-5-14(13)20)23-9-18(26)25-19-24-17(10-27-19)12-6-7-15(21)16(22)8-12/h2-8,10-11,23H,9H2,1H3,(H,24,25,26). The third kappa shape index (κ3) is 4.88. The van der Waals surface area contributed by atoms with Crippen molar-refractivity contribution in [2.24, 2.45) is 0 Å². The fourth-order valence-electron chi connectivity index (χ4n) is 2.46. The third-order valence-corrected chi connectivity index (χ3v) is 5.01. The number of aromatic nitrogens is 1. The summed E-state index contributed by atoms with van der Waals surface area (Å²) in [6.45, 7) is 1.99. The van der Waals surface area contributed by atoms with E-state index in [2.05, 4.69) is 15.6 Å². The molecule has 0 saturated heterocycles. The molecule has 0 bridgehead atoms. The van der Waals surface area contributed by atoms with Gasteiger partial charge in [0.1, 0.15) is 0 Å². The van der Waals surface area contributed by atoms with Gasteiger partial charge in [-0.3, -0.25) is 4.79 Å². The quantitative estimate of drug-likeness (QED) is 0.602. The molecule has 2 N–H and O–H groups in total. The number of thiazole rings is 1. The lowest BCUT2D eigenvalue weighted by atomic mass is 10.1. The lowest BCUT2D eigenvalue weighted by Gasteiger charge is -2.15. The Morgan fingerprint density at radius 3 is 2.74 bits per heavy atom. The Hall–Kier alpha value is -2.35. The Labute approximate surface area is 164 Å². The molecule has 0 spiro atoms. The zero-order valence-corrected chi connectivity index (χ0v) is 15.9. The Balaban J connectivity index is 1.58. The number of amides is 1. The molecular weight excluding hydrogens is 392 g/mol. The molecule has 0 aliphatic heterocycles. The Bertz CT molecular complexity index is 964. The van der Waals surface area contributed by atoms with Crippen molar-refractivity contribution in [2.75, 3.05) is 11.9 Å². The summed E-state index contributed by atoms with van der Waals surface area (Å²) >= 11 is 7.35. The highest BCUT2D eigenvalue weighted by molar-refractivity contribution is 7.14. The minimum absolute atomic E-state index is 0.0759. The molecule has 1 unspecified atom stereocenters. The van der Waals surface area contributed by atoms with Gasteiger partial charge < -0.3 is 10.6 Å². The molecule has 0 aliphatic carbocycles. The van der Waals surface area contributed by atoms with Crippen molar-refractivity contribution in [3.63, 3.8) is 0 Å². The molecule has 4 nitrogen and oxygen atoms in total. The van der Waals surface area contributed by atoms with Crippen LogP contribution in [-0.2, 0) is 4.79 Å². The van der Waals surface area contributed by atoms with Crippen LogP contribution in [0.2, 0.25) is 5.02 Å². The maximum Gasteiger partial charge on any atom is 0.240 e. The van der Waals surface area contributed by atoms with Gasteiger partial charge in [0.15, 0.2) is 16.8 Å². The molecule has 140 valence electrons. The lowest BCUT2D eigenvalue weighted by Crippen LogP contribution is -2.30. The normalized spacial score (nSPS) is 12.0. The van der Waals surface area contributed by atoms with Crippen LogP contribution >= 0.6 is 22.9 Å². The van der Waals surface area contributed by atoms with E-state index in [4.69, 9.17) is 11.6 Å². The van der Waals surface area contributed by atoms with Crippen molar-refractivity contribution < 1.29 is 13.6 Å². The summed E-state index contributed by atoms with van der Waals surface area (Å²) in [5.74, 6) is -2.12.